The molecule has 0 radical (unpaired) electrons. The van der Waals surface area contributed by atoms with Gasteiger partial charge in [-0.2, -0.15) is 0 Å². The minimum atomic E-state index is -0.0974. The van der Waals surface area contributed by atoms with Crippen LogP contribution >= 0.6 is 0 Å². The summed E-state index contributed by atoms with van der Waals surface area (Å²) in [5.41, 5.74) is 0.798. The molecule has 1 atom stereocenters. The largest absolute Gasteiger partial charge is 0.493 e. The SMILES string of the molecule is COc1cc(C=O)ccc1OCC(=O)N[C@@H](C)C12CC3CC(CC(C3)C1)C2. The molecule has 5 heteroatoms. The summed E-state index contributed by atoms with van der Waals surface area (Å²) in [5.74, 6) is 3.44. The number of methoxy groups -OCH3 is 1. The molecule has 1 N–H and O–H groups in total. The standard InChI is InChI=1S/C22H29NO4/c1-14(22-9-16-5-17(10-22)7-18(6-16)11-22)23-21(25)13-27-19-4-3-15(12-24)8-20(19)26-2/h3-4,8,12,14,16-18H,5-7,9-11,13H2,1-2H3,(H,23,25)/t14-,16?,17?,18?,22?/m0/s1. The second-order valence-corrected chi connectivity index (χ2v) is 8.89. The molecule has 1 aromatic rings. The van der Waals surface area contributed by atoms with Crippen molar-refractivity contribution in [2.45, 2.75) is 51.5 Å². The van der Waals surface area contributed by atoms with E-state index in [0.29, 0.717) is 17.1 Å². The molecule has 0 spiro atoms. The van der Waals surface area contributed by atoms with Crippen molar-refractivity contribution in [3.63, 3.8) is 0 Å². The Morgan fingerprint density at radius 3 is 2.37 bits per heavy atom. The Kier molecular flexibility index (Phi) is 4.87. The Hall–Kier alpha value is -2.04. The molecular weight excluding hydrogens is 342 g/mol. The van der Waals surface area contributed by atoms with Crippen molar-refractivity contribution < 1.29 is 19.1 Å². The van der Waals surface area contributed by atoms with Gasteiger partial charge in [0, 0.05) is 11.6 Å². The van der Waals surface area contributed by atoms with Gasteiger partial charge in [0.05, 0.1) is 7.11 Å². The molecule has 1 aromatic carbocycles. The van der Waals surface area contributed by atoms with E-state index < -0.39 is 0 Å². The van der Waals surface area contributed by atoms with Crippen LogP contribution < -0.4 is 14.8 Å². The van der Waals surface area contributed by atoms with Crippen LogP contribution in [0.1, 0.15) is 55.8 Å². The van der Waals surface area contributed by atoms with Crippen molar-refractivity contribution in [3.8, 4) is 11.5 Å². The van der Waals surface area contributed by atoms with E-state index in [1.165, 1.54) is 45.6 Å². The quantitative estimate of drug-likeness (QED) is 0.744. The summed E-state index contributed by atoms with van der Waals surface area (Å²) in [6, 6.07) is 5.11. The number of hydrogen-bond donors (Lipinski definition) is 1. The molecule has 0 unspecified atom stereocenters. The number of amides is 1. The minimum absolute atomic E-state index is 0.0481. The molecule has 0 saturated heterocycles. The third kappa shape index (κ3) is 3.56. The summed E-state index contributed by atoms with van der Waals surface area (Å²) in [5, 5.41) is 3.21. The fourth-order valence-electron chi connectivity index (χ4n) is 6.16. The van der Waals surface area contributed by atoms with Gasteiger partial charge < -0.3 is 14.8 Å². The normalized spacial score (nSPS) is 32.0. The van der Waals surface area contributed by atoms with E-state index in [0.717, 1.165) is 24.0 Å². The summed E-state index contributed by atoms with van der Waals surface area (Å²) in [6.45, 7) is 2.12. The van der Waals surface area contributed by atoms with Crippen molar-refractivity contribution in [1.29, 1.82) is 0 Å². The Morgan fingerprint density at radius 1 is 1.19 bits per heavy atom. The molecule has 27 heavy (non-hydrogen) atoms. The maximum Gasteiger partial charge on any atom is 0.258 e. The lowest BCUT2D eigenvalue weighted by Gasteiger charge is -2.59. The lowest BCUT2D eigenvalue weighted by Crippen LogP contribution is -2.56. The summed E-state index contributed by atoms with van der Waals surface area (Å²) in [7, 11) is 1.52. The van der Waals surface area contributed by atoms with Crippen LogP contribution in [-0.2, 0) is 4.79 Å². The summed E-state index contributed by atoms with van der Waals surface area (Å²) < 4.78 is 10.9. The van der Waals surface area contributed by atoms with Crippen molar-refractivity contribution in [3.05, 3.63) is 23.8 Å². The van der Waals surface area contributed by atoms with Crippen molar-refractivity contribution in [2.24, 2.45) is 23.2 Å². The van der Waals surface area contributed by atoms with Crippen LogP contribution in [-0.4, -0.2) is 32.0 Å². The molecular formula is C22H29NO4. The first-order valence-electron chi connectivity index (χ1n) is 10.1. The van der Waals surface area contributed by atoms with E-state index in [9.17, 15) is 9.59 Å². The van der Waals surface area contributed by atoms with E-state index >= 15 is 0 Å². The average molecular weight is 371 g/mol. The number of aldehydes is 1. The predicted octanol–water partition coefficient (Wildman–Crippen LogP) is 3.61. The zero-order valence-corrected chi connectivity index (χ0v) is 16.2. The second-order valence-electron chi connectivity index (χ2n) is 8.89. The van der Waals surface area contributed by atoms with E-state index in [4.69, 9.17) is 9.47 Å². The van der Waals surface area contributed by atoms with Gasteiger partial charge in [0.2, 0.25) is 0 Å². The fraction of sp³-hybridized carbons (Fsp3) is 0.636. The summed E-state index contributed by atoms with van der Waals surface area (Å²) in [6.07, 6.45) is 8.76. The highest BCUT2D eigenvalue weighted by Crippen LogP contribution is 2.61. The predicted molar refractivity (Wildman–Crippen MR) is 102 cm³/mol. The number of rotatable bonds is 7. The van der Waals surface area contributed by atoms with E-state index in [1.807, 2.05) is 0 Å². The topological polar surface area (TPSA) is 64.6 Å². The molecule has 4 fully saturated rings. The monoisotopic (exact) mass is 371 g/mol. The first-order chi connectivity index (χ1) is 13.0. The zero-order chi connectivity index (χ0) is 19.0. The average Bonchev–Trinajstić information content (AvgIpc) is 2.65. The van der Waals surface area contributed by atoms with Gasteiger partial charge in [-0.05, 0) is 86.8 Å². The van der Waals surface area contributed by atoms with Gasteiger partial charge in [0.15, 0.2) is 18.1 Å². The number of benzene rings is 1. The molecule has 5 rings (SSSR count). The van der Waals surface area contributed by atoms with Crippen molar-refractivity contribution in [1.82, 2.24) is 5.32 Å². The van der Waals surface area contributed by atoms with Gasteiger partial charge in [-0.15, -0.1) is 0 Å². The van der Waals surface area contributed by atoms with Crippen LogP contribution in [0.4, 0.5) is 0 Å². The molecule has 4 aliphatic rings. The zero-order valence-electron chi connectivity index (χ0n) is 16.2. The molecule has 5 nitrogen and oxygen atoms in total. The molecule has 0 aliphatic heterocycles. The second kappa shape index (κ2) is 7.17. The van der Waals surface area contributed by atoms with Crippen LogP contribution in [0.25, 0.3) is 0 Å². The molecule has 4 saturated carbocycles. The number of hydrogen-bond acceptors (Lipinski definition) is 4. The van der Waals surface area contributed by atoms with Gasteiger partial charge in [-0.3, -0.25) is 9.59 Å². The smallest absolute Gasteiger partial charge is 0.258 e. The van der Waals surface area contributed by atoms with E-state index in [-0.39, 0.29) is 24.0 Å². The molecule has 0 aromatic heterocycles. The molecule has 4 aliphatic carbocycles. The van der Waals surface area contributed by atoms with E-state index in [2.05, 4.69) is 12.2 Å². The van der Waals surface area contributed by atoms with Gasteiger partial charge >= 0.3 is 0 Å². The van der Waals surface area contributed by atoms with Gasteiger partial charge in [-0.1, -0.05) is 0 Å². The molecule has 4 bridgehead atoms. The highest BCUT2D eigenvalue weighted by molar-refractivity contribution is 5.78. The van der Waals surface area contributed by atoms with Gasteiger partial charge in [0.25, 0.3) is 5.91 Å². The Bertz CT molecular complexity index is 694. The van der Waals surface area contributed by atoms with Crippen LogP contribution in [0.5, 0.6) is 11.5 Å². The highest BCUT2D eigenvalue weighted by Gasteiger charge is 2.53. The van der Waals surface area contributed by atoms with Gasteiger partial charge in [0.1, 0.15) is 6.29 Å². The number of ether oxygens (including phenoxy) is 2. The maximum absolute atomic E-state index is 12.5. The Balaban J connectivity index is 1.35. The first-order valence-corrected chi connectivity index (χ1v) is 10.1. The number of carbonyl (C=O) groups excluding carboxylic acids is 2. The summed E-state index contributed by atoms with van der Waals surface area (Å²) >= 11 is 0. The van der Waals surface area contributed by atoms with Crippen molar-refractivity contribution >= 4 is 12.2 Å². The number of carbonyl (C=O) groups is 2. The Morgan fingerprint density at radius 2 is 1.81 bits per heavy atom. The van der Waals surface area contributed by atoms with Crippen molar-refractivity contribution in [2.75, 3.05) is 13.7 Å². The third-order valence-electron chi connectivity index (χ3n) is 7.06. The number of nitrogens with one attached hydrogen (secondary N) is 1. The molecule has 146 valence electrons. The van der Waals surface area contributed by atoms with Crippen LogP contribution in [0.3, 0.4) is 0 Å². The lowest BCUT2D eigenvalue weighted by molar-refractivity contribution is -0.127. The lowest BCUT2D eigenvalue weighted by atomic mass is 9.48. The van der Waals surface area contributed by atoms with Crippen LogP contribution in [0.2, 0.25) is 0 Å². The maximum atomic E-state index is 12.5. The van der Waals surface area contributed by atoms with Gasteiger partial charge in [-0.25, -0.2) is 0 Å². The van der Waals surface area contributed by atoms with E-state index in [1.54, 1.807) is 18.2 Å². The molecule has 0 heterocycles. The fourth-order valence-corrected chi connectivity index (χ4v) is 6.16. The summed E-state index contributed by atoms with van der Waals surface area (Å²) in [4.78, 5) is 23.4. The van der Waals surface area contributed by atoms with Crippen LogP contribution in [0.15, 0.2) is 18.2 Å². The Labute approximate surface area is 160 Å². The van der Waals surface area contributed by atoms with Crippen LogP contribution in [0, 0.1) is 23.2 Å². The highest BCUT2D eigenvalue weighted by atomic mass is 16.5. The minimum Gasteiger partial charge on any atom is -0.493 e. The molecule has 1 amide bonds. The third-order valence-corrected chi connectivity index (χ3v) is 7.06. The first kappa shape index (κ1) is 18.3.